The monoisotopic (exact) mass is 328 g/mol. The molecule has 0 spiro atoms. The van der Waals surface area contributed by atoms with Crippen LogP contribution in [0.3, 0.4) is 0 Å². The van der Waals surface area contributed by atoms with Gasteiger partial charge in [-0.2, -0.15) is 0 Å². The molecule has 0 fully saturated rings. The Kier molecular flexibility index (Phi) is 5.74. The molecule has 5 nitrogen and oxygen atoms in total. The second kappa shape index (κ2) is 7.97. The Balaban J connectivity index is 2.03. The fourth-order valence-electron chi connectivity index (χ4n) is 2.14. The van der Waals surface area contributed by atoms with Crippen molar-refractivity contribution in [3.05, 3.63) is 59.8 Å². The molecule has 0 unspecified atom stereocenters. The van der Waals surface area contributed by atoms with Crippen molar-refractivity contribution in [3.63, 3.8) is 0 Å². The molecule has 2 rings (SSSR count). The molecule has 1 heterocycles. The zero-order valence-corrected chi connectivity index (χ0v) is 13.2. The quantitative estimate of drug-likeness (QED) is 0.827. The van der Waals surface area contributed by atoms with Crippen LogP contribution in [0.4, 0.5) is 4.39 Å². The van der Waals surface area contributed by atoms with E-state index in [2.05, 4.69) is 11.2 Å². The molecule has 6 heteroatoms. The van der Waals surface area contributed by atoms with Gasteiger partial charge >= 0.3 is 0 Å². The third-order valence-corrected chi connectivity index (χ3v) is 3.38. The Morgan fingerprint density at radius 2 is 2.04 bits per heavy atom. The minimum Gasteiger partial charge on any atom is -0.472 e. The van der Waals surface area contributed by atoms with Gasteiger partial charge in [0.05, 0.1) is 18.4 Å². The fraction of sp³-hybridized carbons (Fsp3) is 0.222. The van der Waals surface area contributed by atoms with E-state index in [1.165, 1.54) is 35.6 Å². The molecule has 2 amide bonds. The molecule has 1 atom stereocenters. The second-order valence-electron chi connectivity index (χ2n) is 5.23. The maximum absolute atomic E-state index is 13.0. The molecule has 0 saturated heterocycles. The third-order valence-electron chi connectivity index (χ3n) is 3.38. The van der Waals surface area contributed by atoms with Crippen molar-refractivity contribution < 1.29 is 18.4 Å². The summed E-state index contributed by atoms with van der Waals surface area (Å²) in [5, 5.41) is 2.60. The SMILES string of the molecule is C#CCN(Cc1ccc(F)cc1)C(=O)[C@H](C)NC(=O)c1ccoc1. The number of carbonyl (C=O) groups excluding carboxylic acids is 2. The number of carbonyl (C=O) groups is 2. The number of nitrogens with one attached hydrogen (secondary N) is 1. The van der Waals surface area contributed by atoms with Crippen LogP contribution >= 0.6 is 0 Å². The Labute approximate surface area is 139 Å². The lowest BCUT2D eigenvalue weighted by atomic mass is 10.2. The number of rotatable bonds is 6. The van der Waals surface area contributed by atoms with E-state index in [0.29, 0.717) is 5.56 Å². The molecule has 1 N–H and O–H groups in total. The number of benzene rings is 1. The van der Waals surface area contributed by atoms with Crippen LogP contribution < -0.4 is 5.32 Å². The lowest BCUT2D eigenvalue weighted by Gasteiger charge is -2.24. The summed E-state index contributed by atoms with van der Waals surface area (Å²) in [5.41, 5.74) is 1.07. The van der Waals surface area contributed by atoms with E-state index in [0.717, 1.165) is 5.56 Å². The van der Waals surface area contributed by atoms with Crippen LogP contribution in [0.2, 0.25) is 0 Å². The first-order valence-corrected chi connectivity index (χ1v) is 7.31. The van der Waals surface area contributed by atoms with Crippen molar-refractivity contribution in [3.8, 4) is 12.3 Å². The van der Waals surface area contributed by atoms with Crippen LogP contribution in [0.25, 0.3) is 0 Å². The number of nitrogens with zero attached hydrogens (tertiary/aromatic N) is 1. The molecule has 0 bridgehead atoms. The highest BCUT2D eigenvalue weighted by atomic mass is 19.1. The molecular weight excluding hydrogens is 311 g/mol. The van der Waals surface area contributed by atoms with Gasteiger partial charge in [-0.05, 0) is 30.7 Å². The molecule has 124 valence electrons. The van der Waals surface area contributed by atoms with Gasteiger partial charge in [0.2, 0.25) is 5.91 Å². The maximum Gasteiger partial charge on any atom is 0.255 e. The Morgan fingerprint density at radius 3 is 2.62 bits per heavy atom. The van der Waals surface area contributed by atoms with Gasteiger partial charge in [0.1, 0.15) is 18.1 Å². The first-order valence-electron chi connectivity index (χ1n) is 7.31. The average Bonchev–Trinajstić information content (AvgIpc) is 3.10. The van der Waals surface area contributed by atoms with E-state index < -0.39 is 11.9 Å². The van der Waals surface area contributed by atoms with Gasteiger partial charge in [0, 0.05) is 6.54 Å². The predicted molar refractivity (Wildman–Crippen MR) is 86.3 cm³/mol. The highest BCUT2D eigenvalue weighted by Crippen LogP contribution is 2.08. The third kappa shape index (κ3) is 4.46. The largest absolute Gasteiger partial charge is 0.472 e. The van der Waals surface area contributed by atoms with Crippen molar-refractivity contribution in [1.82, 2.24) is 10.2 Å². The minimum atomic E-state index is -0.763. The first kappa shape index (κ1) is 17.3. The second-order valence-corrected chi connectivity index (χ2v) is 5.23. The highest BCUT2D eigenvalue weighted by molar-refractivity contribution is 5.97. The van der Waals surface area contributed by atoms with Gasteiger partial charge in [0.25, 0.3) is 5.91 Å². The van der Waals surface area contributed by atoms with Crippen LogP contribution in [0, 0.1) is 18.2 Å². The molecule has 0 aliphatic heterocycles. The lowest BCUT2D eigenvalue weighted by molar-refractivity contribution is -0.132. The first-order chi connectivity index (χ1) is 11.5. The number of hydrogen-bond acceptors (Lipinski definition) is 3. The van der Waals surface area contributed by atoms with Crippen LogP contribution in [0.15, 0.2) is 47.3 Å². The molecule has 2 aromatic rings. The summed E-state index contributed by atoms with van der Waals surface area (Å²) in [4.78, 5) is 25.9. The van der Waals surface area contributed by atoms with Crippen LogP contribution in [-0.4, -0.2) is 29.3 Å². The standard InChI is InChI=1S/C18H17FN2O3/c1-3-9-21(11-14-4-6-16(19)7-5-14)18(23)13(2)20-17(22)15-8-10-24-12-15/h1,4-8,10,12-13H,9,11H2,2H3,(H,20,22)/t13-/m0/s1. The van der Waals surface area contributed by atoms with Gasteiger partial charge in [-0.15, -0.1) is 6.42 Å². The molecule has 0 aliphatic rings. The van der Waals surface area contributed by atoms with Gasteiger partial charge in [0.15, 0.2) is 0 Å². The molecule has 0 saturated carbocycles. The maximum atomic E-state index is 13.0. The number of halogens is 1. The number of hydrogen-bond donors (Lipinski definition) is 1. The van der Waals surface area contributed by atoms with Crippen LogP contribution in [-0.2, 0) is 11.3 Å². The normalized spacial score (nSPS) is 11.4. The zero-order valence-electron chi connectivity index (χ0n) is 13.2. The van der Waals surface area contributed by atoms with E-state index in [1.54, 1.807) is 19.1 Å². The Bertz CT molecular complexity index is 733. The van der Waals surface area contributed by atoms with E-state index >= 15 is 0 Å². The van der Waals surface area contributed by atoms with Crippen LogP contribution in [0.5, 0.6) is 0 Å². The zero-order chi connectivity index (χ0) is 17.5. The predicted octanol–water partition coefficient (Wildman–Crippen LogP) is 2.20. The van der Waals surface area contributed by atoms with E-state index in [-0.39, 0.29) is 24.8 Å². The topological polar surface area (TPSA) is 62.6 Å². The summed E-state index contributed by atoms with van der Waals surface area (Å²) in [6, 6.07) is 6.54. The molecule has 1 aromatic carbocycles. The molecule has 0 radical (unpaired) electrons. The lowest BCUT2D eigenvalue weighted by Crippen LogP contribution is -2.46. The van der Waals surface area contributed by atoms with E-state index in [4.69, 9.17) is 10.8 Å². The summed E-state index contributed by atoms with van der Waals surface area (Å²) in [6.45, 7) is 1.89. The van der Waals surface area contributed by atoms with Gasteiger partial charge in [-0.3, -0.25) is 9.59 Å². The van der Waals surface area contributed by atoms with Crippen molar-refractivity contribution >= 4 is 11.8 Å². The summed E-state index contributed by atoms with van der Waals surface area (Å²) in [6.07, 6.45) is 7.99. The van der Waals surface area contributed by atoms with Crippen molar-refractivity contribution in [2.45, 2.75) is 19.5 Å². The molecule has 0 aliphatic carbocycles. The van der Waals surface area contributed by atoms with Crippen molar-refractivity contribution in [2.75, 3.05) is 6.54 Å². The summed E-state index contributed by atoms with van der Waals surface area (Å²) >= 11 is 0. The van der Waals surface area contributed by atoms with Gasteiger partial charge in [-0.25, -0.2) is 4.39 Å². The number of terminal acetylenes is 1. The smallest absolute Gasteiger partial charge is 0.255 e. The van der Waals surface area contributed by atoms with Crippen LogP contribution in [0.1, 0.15) is 22.8 Å². The number of furan rings is 1. The van der Waals surface area contributed by atoms with Crippen molar-refractivity contribution in [2.24, 2.45) is 0 Å². The van der Waals surface area contributed by atoms with Crippen molar-refractivity contribution in [1.29, 1.82) is 0 Å². The summed E-state index contributed by atoms with van der Waals surface area (Å²) in [7, 11) is 0. The fourth-order valence-corrected chi connectivity index (χ4v) is 2.14. The molecular formula is C18H17FN2O3. The Morgan fingerprint density at radius 1 is 1.33 bits per heavy atom. The highest BCUT2D eigenvalue weighted by Gasteiger charge is 2.22. The van der Waals surface area contributed by atoms with E-state index in [1.807, 2.05) is 0 Å². The molecule has 1 aromatic heterocycles. The van der Waals surface area contributed by atoms with Gasteiger partial charge < -0.3 is 14.6 Å². The summed E-state index contributed by atoms with van der Waals surface area (Å²) < 4.78 is 17.8. The molecule has 24 heavy (non-hydrogen) atoms. The minimum absolute atomic E-state index is 0.0854. The van der Waals surface area contributed by atoms with Gasteiger partial charge in [-0.1, -0.05) is 18.1 Å². The number of amides is 2. The summed E-state index contributed by atoms with van der Waals surface area (Å²) in [5.74, 6) is 1.33. The average molecular weight is 328 g/mol. The van der Waals surface area contributed by atoms with E-state index in [9.17, 15) is 14.0 Å². The Hall–Kier alpha value is -3.07.